The Labute approximate surface area is 111 Å². The lowest BCUT2D eigenvalue weighted by Gasteiger charge is -2.29. The van der Waals surface area contributed by atoms with E-state index < -0.39 is 4.92 Å². The van der Waals surface area contributed by atoms with Crippen molar-refractivity contribution in [1.29, 1.82) is 0 Å². The Hall–Kier alpha value is -1.30. The van der Waals surface area contributed by atoms with Crippen LogP contribution in [0.3, 0.4) is 0 Å². The number of hydrogen-bond acceptors (Lipinski definition) is 4. The Morgan fingerprint density at radius 2 is 2.06 bits per heavy atom. The molecule has 100 valence electrons. The maximum atomic E-state index is 11.7. The van der Waals surface area contributed by atoms with E-state index in [-0.39, 0.29) is 22.6 Å². The SMILES string of the molecule is CC(C)(C)C(CS)Cn1cc([N+](=O)[O-])ccc1=O. The van der Waals surface area contributed by atoms with Crippen molar-refractivity contribution >= 4 is 18.3 Å². The van der Waals surface area contributed by atoms with Crippen molar-refractivity contribution in [1.82, 2.24) is 4.57 Å². The van der Waals surface area contributed by atoms with Gasteiger partial charge in [0.25, 0.3) is 11.2 Å². The Kier molecular flexibility index (Phi) is 4.56. The fraction of sp³-hybridized carbons (Fsp3) is 0.583. The summed E-state index contributed by atoms with van der Waals surface area (Å²) < 4.78 is 1.39. The molecule has 0 saturated carbocycles. The lowest BCUT2D eigenvalue weighted by atomic mass is 9.82. The van der Waals surface area contributed by atoms with E-state index in [9.17, 15) is 14.9 Å². The lowest BCUT2D eigenvalue weighted by Crippen LogP contribution is -2.31. The summed E-state index contributed by atoms with van der Waals surface area (Å²) in [7, 11) is 0. The quantitative estimate of drug-likeness (QED) is 0.519. The van der Waals surface area contributed by atoms with Crippen LogP contribution in [0.15, 0.2) is 23.1 Å². The molecule has 1 atom stereocenters. The molecular weight excluding hydrogens is 252 g/mol. The molecule has 0 aliphatic heterocycles. The highest BCUT2D eigenvalue weighted by Gasteiger charge is 2.24. The van der Waals surface area contributed by atoms with Gasteiger partial charge in [-0.05, 0) is 17.1 Å². The summed E-state index contributed by atoms with van der Waals surface area (Å²) in [5.41, 5.74) is -0.302. The van der Waals surface area contributed by atoms with E-state index in [0.717, 1.165) is 0 Å². The number of aromatic nitrogens is 1. The van der Waals surface area contributed by atoms with Gasteiger partial charge in [-0.25, -0.2) is 0 Å². The number of nitro groups is 1. The molecule has 0 bridgehead atoms. The smallest absolute Gasteiger partial charge is 0.285 e. The molecule has 1 aromatic rings. The number of thiol groups is 1. The largest absolute Gasteiger partial charge is 0.309 e. The topological polar surface area (TPSA) is 65.1 Å². The third kappa shape index (κ3) is 3.60. The molecule has 0 radical (unpaired) electrons. The Morgan fingerprint density at radius 3 is 2.50 bits per heavy atom. The minimum atomic E-state index is -0.497. The molecule has 0 N–H and O–H groups in total. The van der Waals surface area contributed by atoms with Gasteiger partial charge in [-0.3, -0.25) is 14.9 Å². The Balaban J connectivity index is 3.06. The van der Waals surface area contributed by atoms with Gasteiger partial charge in [0, 0.05) is 18.7 Å². The summed E-state index contributed by atoms with van der Waals surface area (Å²) in [4.78, 5) is 21.9. The second kappa shape index (κ2) is 5.56. The first-order valence-corrected chi connectivity index (χ1v) is 6.34. The average Bonchev–Trinajstić information content (AvgIpc) is 2.25. The van der Waals surface area contributed by atoms with Crippen LogP contribution in [0.4, 0.5) is 5.69 Å². The molecule has 0 amide bonds. The van der Waals surface area contributed by atoms with Crippen molar-refractivity contribution in [2.45, 2.75) is 27.3 Å². The second-order valence-electron chi connectivity index (χ2n) is 5.38. The molecule has 0 fully saturated rings. The van der Waals surface area contributed by atoms with E-state index in [1.165, 1.54) is 22.9 Å². The van der Waals surface area contributed by atoms with Crippen LogP contribution >= 0.6 is 12.6 Å². The molecule has 1 rings (SSSR count). The standard InChI is InChI=1S/C12H18N2O3S/c1-12(2,3)9(8-18)6-13-7-10(14(16)17)4-5-11(13)15/h4-5,7,9,18H,6,8H2,1-3H3. The number of hydrogen-bond donors (Lipinski definition) is 1. The number of rotatable bonds is 4. The van der Waals surface area contributed by atoms with Crippen LogP contribution in [0.25, 0.3) is 0 Å². The highest BCUT2D eigenvalue weighted by molar-refractivity contribution is 7.80. The van der Waals surface area contributed by atoms with E-state index in [0.29, 0.717) is 12.3 Å². The molecule has 0 saturated heterocycles. The van der Waals surface area contributed by atoms with E-state index in [4.69, 9.17) is 0 Å². The molecule has 18 heavy (non-hydrogen) atoms. The van der Waals surface area contributed by atoms with Crippen molar-refractivity contribution in [3.63, 3.8) is 0 Å². The van der Waals surface area contributed by atoms with Crippen LogP contribution in [0, 0.1) is 21.4 Å². The predicted octanol–water partition coefficient (Wildman–Crippen LogP) is 2.35. The zero-order chi connectivity index (χ0) is 13.9. The van der Waals surface area contributed by atoms with Crippen molar-refractivity contribution in [3.8, 4) is 0 Å². The van der Waals surface area contributed by atoms with E-state index in [1.54, 1.807) is 0 Å². The van der Waals surface area contributed by atoms with Gasteiger partial charge in [-0.1, -0.05) is 20.8 Å². The van der Waals surface area contributed by atoms with Gasteiger partial charge >= 0.3 is 0 Å². The summed E-state index contributed by atoms with van der Waals surface area (Å²) >= 11 is 4.29. The van der Waals surface area contributed by atoms with Crippen molar-refractivity contribution in [2.24, 2.45) is 11.3 Å². The monoisotopic (exact) mass is 270 g/mol. The maximum absolute atomic E-state index is 11.7. The molecule has 0 aromatic carbocycles. The zero-order valence-electron chi connectivity index (χ0n) is 10.8. The van der Waals surface area contributed by atoms with Crippen molar-refractivity contribution in [2.75, 3.05) is 5.75 Å². The fourth-order valence-electron chi connectivity index (χ4n) is 1.61. The molecule has 1 heterocycles. The van der Waals surface area contributed by atoms with E-state index >= 15 is 0 Å². The summed E-state index contributed by atoms with van der Waals surface area (Å²) in [6.07, 6.45) is 1.30. The maximum Gasteiger partial charge on any atom is 0.285 e. The fourth-order valence-corrected chi connectivity index (χ4v) is 2.28. The first-order chi connectivity index (χ1) is 8.25. The van der Waals surface area contributed by atoms with Gasteiger partial charge in [0.2, 0.25) is 0 Å². The lowest BCUT2D eigenvalue weighted by molar-refractivity contribution is -0.385. The predicted molar refractivity (Wildman–Crippen MR) is 74.2 cm³/mol. The van der Waals surface area contributed by atoms with E-state index in [2.05, 4.69) is 33.4 Å². The normalized spacial score (nSPS) is 13.3. The minimum absolute atomic E-state index is 0.00812. The van der Waals surface area contributed by atoms with Gasteiger partial charge in [-0.2, -0.15) is 12.6 Å². The van der Waals surface area contributed by atoms with Gasteiger partial charge in [-0.15, -0.1) is 0 Å². The Bertz CT molecular complexity index is 491. The van der Waals surface area contributed by atoms with Crippen LogP contribution in [0.5, 0.6) is 0 Å². The second-order valence-corrected chi connectivity index (χ2v) is 5.75. The molecule has 6 heteroatoms. The van der Waals surface area contributed by atoms with Gasteiger partial charge in [0.15, 0.2) is 0 Å². The van der Waals surface area contributed by atoms with Crippen LogP contribution in [0.2, 0.25) is 0 Å². The number of pyridine rings is 1. The number of nitrogens with zero attached hydrogens (tertiary/aromatic N) is 2. The molecule has 5 nitrogen and oxygen atoms in total. The molecule has 1 aromatic heterocycles. The van der Waals surface area contributed by atoms with Crippen LogP contribution in [-0.4, -0.2) is 15.2 Å². The molecule has 1 unspecified atom stereocenters. The van der Waals surface area contributed by atoms with Gasteiger partial charge < -0.3 is 4.57 Å². The van der Waals surface area contributed by atoms with Crippen LogP contribution < -0.4 is 5.56 Å². The minimum Gasteiger partial charge on any atom is -0.309 e. The highest BCUT2D eigenvalue weighted by Crippen LogP contribution is 2.28. The van der Waals surface area contributed by atoms with Crippen molar-refractivity contribution < 1.29 is 4.92 Å². The summed E-state index contributed by atoms with van der Waals surface area (Å²) in [6.45, 7) is 6.64. The van der Waals surface area contributed by atoms with Crippen LogP contribution in [-0.2, 0) is 6.54 Å². The molecule has 0 aliphatic rings. The third-order valence-electron chi connectivity index (χ3n) is 3.04. The average molecular weight is 270 g/mol. The van der Waals surface area contributed by atoms with Crippen LogP contribution in [0.1, 0.15) is 20.8 Å². The van der Waals surface area contributed by atoms with Crippen molar-refractivity contribution in [3.05, 3.63) is 38.8 Å². The Morgan fingerprint density at radius 1 is 1.44 bits per heavy atom. The van der Waals surface area contributed by atoms with E-state index in [1.807, 2.05) is 0 Å². The summed E-state index contributed by atoms with van der Waals surface area (Å²) in [5, 5.41) is 10.7. The third-order valence-corrected chi connectivity index (χ3v) is 3.48. The summed E-state index contributed by atoms with van der Waals surface area (Å²) in [5.74, 6) is 0.791. The van der Waals surface area contributed by atoms with Gasteiger partial charge in [0.1, 0.15) is 0 Å². The zero-order valence-corrected chi connectivity index (χ0v) is 11.7. The molecular formula is C12H18N2O3S. The first kappa shape index (κ1) is 14.8. The molecule has 0 spiro atoms. The molecule has 0 aliphatic carbocycles. The summed E-state index contributed by atoms with van der Waals surface area (Å²) in [6, 6.07) is 2.46. The highest BCUT2D eigenvalue weighted by atomic mass is 32.1. The first-order valence-electron chi connectivity index (χ1n) is 5.71. The van der Waals surface area contributed by atoms with Gasteiger partial charge in [0.05, 0.1) is 11.1 Å².